The number of anilines is 1. The number of sulfone groups is 1. The number of fused-ring (bicyclic) bond motifs is 1. The fourth-order valence-electron chi connectivity index (χ4n) is 3.90. The average molecular weight is 796 g/mol. The molecule has 0 amide bonds. The summed E-state index contributed by atoms with van der Waals surface area (Å²) in [6, 6.07) is 12.8. The van der Waals surface area contributed by atoms with Crippen LogP contribution in [0.3, 0.4) is 0 Å². The second-order valence-corrected chi connectivity index (χ2v) is 14.5. The van der Waals surface area contributed by atoms with Gasteiger partial charge in [0, 0.05) is 15.7 Å². The largest absolute Gasteiger partial charge is 0.505 e. The zero-order chi connectivity index (χ0) is 36.3. The topological polar surface area (TPSA) is 310 Å². The minimum atomic E-state index is -4.82. The fourth-order valence-corrected chi connectivity index (χ4v) is 6.80. The zero-order valence-electron chi connectivity index (χ0n) is 24.3. The molecular formula is C24H21N5O16S5. The fraction of sp³-hybridized carbons (Fsp3) is 0.0833. The summed E-state index contributed by atoms with van der Waals surface area (Å²) in [5, 5.41) is 63.4. The number of rotatable bonds is 18. The van der Waals surface area contributed by atoms with Gasteiger partial charge in [-0.3, -0.25) is 8.74 Å². The van der Waals surface area contributed by atoms with Crippen molar-refractivity contribution < 1.29 is 74.6 Å². The van der Waals surface area contributed by atoms with Crippen molar-refractivity contribution in [3.05, 3.63) is 60.7 Å². The van der Waals surface area contributed by atoms with Crippen molar-refractivity contribution in [3.63, 3.8) is 0 Å². The average Bonchev–Trinajstić information content (AvgIpc) is 3.08. The van der Waals surface area contributed by atoms with E-state index in [9.17, 15) is 26.5 Å². The van der Waals surface area contributed by atoms with Gasteiger partial charge in [0.2, 0.25) is 0 Å². The van der Waals surface area contributed by atoms with Gasteiger partial charge < -0.3 is 10.8 Å². The standard InChI is InChI=1S/C24H21N5O16S5/c25-18-7-6-16-17(22(18)28-26-13-1-4-15(5-2-13)49(34,35)10-9-39-48-45-42-33)12-20(47-44-41-32)23(24(16)30)29-27-19-11-14(46-43-40-31)3-8-21(19)50(36,37)38/h1-8,11-12,30-33H,9-10,25H2,(H,36,37,38)/b28-26+,29-27+. The van der Waals surface area contributed by atoms with Crippen LogP contribution in [0.2, 0.25) is 0 Å². The summed E-state index contributed by atoms with van der Waals surface area (Å²) in [7, 11) is -8.58. The Morgan fingerprint density at radius 3 is 2.10 bits per heavy atom. The van der Waals surface area contributed by atoms with Crippen molar-refractivity contribution in [1.29, 1.82) is 0 Å². The predicted octanol–water partition coefficient (Wildman–Crippen LogP) is 6.84. The van der Waals surface area contributed by atoms with Gasteiger partial charge in [-0.1, -0.05) is 15.1 Å². The minimum absolute atomic E-state index is 0.0398. The molecule has 4 aromatic rings. The molecule has 268 valence electrons. The third kappa shape index (κ3) is 10.3. The van der Waals surface area contributed by atoms with Crippen molar-refractivity contribution in [3.8, 4) is 5.75 Å². The Kier molecular flexibility index (Phi) is 14.2. The highest BCUT2D eigenvalue weighted by molar-refractivity contribution is 7.95. The first-order chi connectivity index (χ1) is 23.9. The summed E-state index contributed by atoms with van der Waals surface area (Å²) in [5.74, 6) is -0.962. The summed E-state index contributed by atoms with van der Waals surface area (Å²) in [5.41, 5.74) is 5.77. The molecule has 0 unspecified atom stereocenters. The number of phenolic OH excluding ortho intramolecular Hbond substituents is 1. The molecule has 0 aliphatic carbocycles. The SMILES string of the molecule is Nc1ccc2c(O)c(/N=N/c3cc(SOOO)ccc3S(=O)(=O)O)c(SOOO)cc2c1/N=N/c1ccc(S(=O)(=O)CCOSOOO)cc1. The van der Waals surface area contributed by atoms with Crippen LogP contribution in [0.25, 0.3) is 10.8 Å². The summed E-state index contributed by atoms with van der Waals surface area (Å²) < 4.78 is 76.3. The molecule has 0 heterocycles. The third-order valence-corrected chi connectivity index (χ3v) is 10.2. The van der Waals surface area contributed by atoms with Crippen LogP contribution in [0.5, 0.6) is 5.75 Å². The summed E-state index contributed by atoms with van der Waals surface area (Å²) in [6.07, 6.45) is 0. The molecule has 0 radical (unpaired) electrons. The van der Waals surface area contributed by atoms with E-state index in [4.69, 9.17) is 25.7 Å². The van der Waals surface area contributed by atoms with E-state index in [1.54, 1.807) is 0 Å². The Bertz CT molecular complexity index is 2090. The molecule has 0 saturated heterocycles. The molecule has 4 aromatic carbocycles. The van der Waals surface area contributed by atoms with Gasteiger partial charge in [-0.2, -0.15) is 13.5 Å². The first-order valence-corrected chi connectivity index (χ1v) is 18.1. The van der Waals surface area contributed by atoms with Crippen LogP contribution in [0, 0.1) is 0 Å². The lowest BCUT2D eigenvalue weighted by molar-refractivity contribution is -0.434. The molecule has 0 aliphatic rings. The predicted molar refractivity (Wildman–Crippen MR) is 173 cm³/mol. The Hall–Kier alpha value is -3.55. The Labute approximate surface area is 293 Å². The van der Waals surface area contributed by atoms with Gasteiger partial charge in [0.25, 0.3) is 10.1 Å². The van der Waals surface area contributed by atoms with Crippen LogP contribution in [-0.2, 0) is 52.3 Å². The van der Waals surface area contributed by atoms with Crippen molar-refractivity contribution in [2.75, 3.05) is 18.1 Å². The van der Waals surface area contributed by atoms with E-state index in [2.05, 4.69) is 48.6 Å². The third-order valence-electron chi connectivity index (χ3n) is 6.02. The van der Waals surface area contributed by atoms with Gasteiger partial charge in [-0.15, -0.1) is 28.3 Å². The molecule has 0 aliphatic heterocycles. The maximum atomic E-state index is 12.5. The van der Waals surface area contributed by atoms with Gasteiger partial charge >= 0.3 is 0 Å². The van der Waals surface area contributed by atoms with Crippen LogP contribution in [0.4, 0.5) is 28.4 Å². The Morgan fingerprint density at radius 2 is 1.42 bits per heavy atom. The molecule has 50 heavy (non-hydrogen) atoms. The normalized spacial score (nSPS) is 12.5. The molecule has 0 bridgehead atoms. The second-order valence-electron chi connectivity index (χ2n) is 8.97. The molecule has 0 fully saturated rings. The van der Waals surface area contributed by atoms with Gasteiger partial charge in [-0.25, -0.2) is 24.2 Å². The van der Waals surface area contributed by atoms with Crippen molar-refractivity contribution in [2.24, 2.45) is 20.5 Å². The molecule has 0 spiro atoms. The maximum absolute atomic E-state index is 12.5. The van der Waals surface area contributed by atoms with E-state index in [0.29, 0.717) is 24.1 Å². The molecule has 26 heteroatoms. The summed E-state index contributed by atoms with van der Waals surface area (Å²) in [4.78, 5) is -0.635. The van der Waals surface area contributed by atoms with Crippen molar-refractivity contribution >= 4 is 95.6 Å². The number of benzene rings is 4. The number of phenols is 1. The van der Waals surface area contributed by atoms with E-state index in [1.165, 1.54) is 48.5 Å². The molecule has 7 N–H and O–H groups in total. The number of nitrogens with two attached hydrogens (primary N) is 1. The van der Waals surface area contributed by atoms with Crippen molar-refractivity contribution in [1.82, 2.24) is 0 Å². The zero-order valence-corrected chi connectivity index (χ0v) is 28.4. The highest BCUT2D eigenvalue weighted by Crippen LogP contribution is 2.48. The highest BCUT2D eigenvalue weighted by atomic mass is 32.2. The van der Waals surface area contributed by atoms with E-state index in [1.807, 2.05) is 0 Å². The molecule has 0 saturated carbocycles. The van der Waals surface area contributed by atoms with Crippen LogP contribution in [0.15, 0.2) is 101 Å². The lowest BCUT2D eigenvalue weighted by atomic mass is 10.1. The van der Waals surface area contributed by atoms with Crippen LogP contribution < -0.4 is 5.73 Å². The number of aromatic hydroxyl groups is 1. The monoisotopic (exact) mass is 795 g/mol. The second kappa shape index (κ2) is 18.1. The summed E-state index contributed by atoms with van der Waals surface area (Å²) in [6.45, 7) is -0.279. The molecular weight excluding hydrogens is 775 g/mol. The first-order valence-electron chi connectivity index (χ1n) is 12.8. The number of nitrogen functional groups attached to an aromatic ring is 1. The van der Waals surface area contributed by atoms with E-state index < -0.39 is 42.0 Å². The first kappa shape index (κ1) is 39.2. The number of hydrogen-bond donors (Lipinski definition) is 6. The lowest BCUT2D eigenvalue weighted by Gasteiger charge is -2.12. The maximum Gasteiger partial charge on any atom is 0.296 e. The van der Waals surface area contributed by atoms with E-state index >= 15 is 0 Å². The number of hydrogen-bond acceptors (Lipinski definition) is 23. The molecule has 4 rings (SSSR count). The van der Waals surface area contributed by atoms with Crippen LogP contribution in [0.1, 0.15) is 0 Å². The Balaban J connectivity index is 1.70. The summed E-state index contributed by atoms with van der Waals surface area (Å²) >= 11 is 1.05. The number of azo groups is 2. The molecule has 0 atom stereocenters. The quantitative estimate of drug-likeness (QED) is 0.0114. The van der Waals surface area contributed by atoms with Gasteiger partial charge in [0.15, 0.2) is 27.9 Å². The van der Waals surface area contributed by atoms with Gasteiger partial charge in [0.1, 0.15) is 22.0 Å². The lowest BCUT2D eigenvalue weighted by Crippen LogP contribution is -2.10. The van der Waals surface area contributed by atoms with Crippen LogP contribution in [-0.4, -0.2) is 54.6 Å². The smallest absolute Gasteiger partial charge is 0.296 e. The van der Waals surface area contributed by atoms with Gasteiger partial charge in [-0.05, 0) is 60.7 Å². The molecule has 0 aromatic heterocycles. The number of nitrogens with zero attached hydrogens (tertiary/aromatic N) is 4. The molecule has 21 nitrogen and oxygen atoms in total. The van der Waals surface area contributed by atoms with Crippen molar-refractivity contribution in [2.45, 2.75) is 19.6 Å². The minimum Gasteiger partial charge on any atom is -0.505 e. The van der Waals surface area contributed by atoms with Crippen LogP contribution >= 0.6 is 36.4 Å². The Morgan fingerprint density at radius 1 is 0.740 bits per heavy atom. The highest BCUT2D eigenvalue weighted by Gasteiger charge is 2.21. The van der Waals surface area contributed by atoms with E-state index in [0.717, 1.165) is 12.1 Å². The van der Waals surface area contributed by atoms with Gasteiger partial charge in [0.05, 0.1) is 57.6 Å². The van der Waals surface area contributed by atoms with E-state index in [-0.39, 0.29) is 67.1 Å².